The van der Waals surface area contributed by atoms with Crippen LogP contribution in [0.2, 0.25) is 0 Å². The minimum atomic E-state index is 0.138. The Labute approximate surface area is 101 Å². The average Bonchev–Trinajstić information content (AvgIpc) is 2.76. The largest absolute Gasteiger partial charge is 0.481 e. The molecule has 4 nitrogen and oxygen atoms in total. The summed E-state index contributed by atoms with van der Waals surface area (Å²) in [7, 11) is 1.68. The van der Waals surface area contributed by atoms with E-state index in [0.29, 0.717) is 6.61 Å². The third kappa shape index (κ3) is 2.70. The van der Waals surface area contributed by atoms with Crippen molar-refractivity contribution in [2.24, 2.45) is 0 Å². The van der Waals surface area contributed by atoms with Gasteiger partial charge in [0.1, 0.15) is 12.4 Å². The lowest BCUT2D eigenvalue weighted by Crippen LogP contribution is -2.18. The van der Waals surface area contributed by atoms with Crippen LogP contribution in [0.4, 0.5) is 0 Å². The van der Waals surface area contributed by atoms with E-state index in [4.69, 9.17) is 20.7 Å². The van der Waals surface area contributed by atoms with Crippen molar-refractivity contribution in [1.82, 2.24) is 5.48 Å². The van der Waals surface area contributed by atoms with Crippen molar-refractivity contribution in [3.63, 3.8) is 0 Å². The highest BCUT2D eigenvalue weighted by atomic mass is 16.7. The van der Waals surface area contributed by atoms with Crippen molar-refractivity contribution >= 4 is 0 Å². The highest BCUT2D eigenvalue weighted by Gasteiger charge is 2.24. The highest BCUT2D eigenvalue weighted by Crippen LogP contribution is 2.35. The van der Waals surface area contributed by atoms with Crippen molar-refractivity contribution in [3.8, 4) is 23.8 Å². The van der Waals surface area contributed by atoms with Gasteiger partial charge in [-0.1, -0.05) is 5.92 Å². The third-order valence-electron chi connectivity index (χ3n) is 2.60. The summed E-state index contributed by atoms with van der Waals surface area (Å²) in [6, 6.07) is 5.81. The molecule has 0 fully saturated rings. The number of hydroxylamine groups is 1. The van der Waals surface area contributed by atoms with Crippen LogP contribution in [0.1, 0.15) is 18.0 Å². The van der Waals surface area contributed by atoms with E-state index in [1.807, 2.05) is 18.2 Å². The molecule has 0 aliphatic carbocycles. The number of nitrogens with one attached hydrogen (secondary N) is 1. The third-order valence-corrected chi connectivity index (χ3v) is 2.60. The van der Waals surface area contributed by atoms with Crippen LogP contribution in [0.15, 0.2) is 18.2 Å². The smallest absolute Gasteiger partial charge is 0.152 e. The molecule has 0 saturated heterocycles. The first-order valence-corrected chi connectivity index (χ1v) is 5.46. The summed E-state index contributed by atoms with van der Waals surface area (Å²) in [5.74, 6) is 4.03. The maximum Gasteiger partial charge on any atom is 0.152 e. The minimum absolute atomic E-state index is 0.138. The molecule has 4 heteroatoms. The summed E-state index contributed by atoms with van der Waals surface area (Å²) < 4.78 is 10.4. The van der Waals surface area contributed by atoms with E-state index >= 15 is 0 Å². The lowest BCUT2D eigenvalue weighted by Gasteiger charge is -2.09. The van der Waals surface area contributed by atoms with E-state index in [9.17, 15) is 0 Å². The molecule has 0 radical (unpaired) electrons. The predicted octanol–water partition coefficient (Wildman–Crippen LogP) is 1.67. The van der Waals surface area contributed by atoms with Gasteiger partial charge in [-0.25, -0.2) is 0 Å². The Balaban J connectivity index is 2.10. The highest BCUT2D eigenvalue weighted by molar-refractivity contribution is 5.44. The van der Waals surface area contributed by atoms with Crippen LogP contribution in [0.3, 0.4) is 0 Å². The van der Waals surface area contributed by atoms with Gasteiger partial charge >= 0.3 is 0 Å². The minimum Gasteiger partial charge on any atom is -0.481 e. The molecule has 1 aliphatic rings. The second-order valence-electron chi connectivity index (χ2n) is 3.75. The second kappa shape index (κ2) is 5.58. The van der Waals surface area contributed by atoms with Gasteiger partial charge in [0.2, 0.25) is 0 Å². The van der Waals surface area contributed by atoms with E-state index in [2.05, 4.69) is 11.4 Å². The normalized spacial score (nSPS) is 17.1. The van der Waals surface area contributed by atoms with Crippen molar-refractivity contribution < 1.29 is 14.3 Å². The Bertz CT molecular complexity index is 425. The Kier molecular flexibility index (Phi) is 3.86. The van der Waals surface area contributed by atoms with Crippen molar-refractivity contribution in [2.75, 3.05) is 20.3 Å². The van der Waals surface area contributed by atoms with Gasteiger partial charge in [0.15, 0.2) is 5.75 Å². The number of methoxy groups -OCH3 is 1. The fourth-order valence-corrected chi connectivity index (χ4v) is 1.75. The molecule has 0 bridgehead atoms. The van der Waals surface area contributed by atoms with Crippen LogP contribution in [0.25, 0.3) is 0 Å². The molecule has 1 aliphatic heterocycles. The van der Waals surface area contributed by atoms with Crippen molar-refractivity contribution in [2.45, 2.75) is 12.5 Å². The van der Waals surface area contributed by atoms with Crippen LogP contribution < -0.4 is 15.1 Å². The predicted molar refractivity (Wildman–Crippen MR) is 63.8 cm³/mol. The summed E-state index contributed by atoms with van der Waals surface area (Å²) >= 11 is 0. The summed E-state index contributed by atoms with van der Waals surface area (Å²) in [5, 5.41) is 0. The standard InChI is InChI=1S/C13H15NO3/c1-3-7-16-10-4-5-13-11(9-10)12(14-17-13)6-8-15-2/h1,4-5,9,12,14H,6-8H2,2H3. The number of hydrogen-bond acceptors (Lipinski definition) is 4. The van der Waals surface area contributed by atoms with Crippen LogP contribution in [-0.4, -0.2) is 20.3 Å². The van der Waals surface area contributed by atoms with Gasteiger partial charge in [-0.15, -0.1) is 11.9 Å². The van der Waals surface area contributed by atoms with Crippen LogP contribution in [0.5, 0.6) is 11.5 Å². The topological polar surface area (TPSA) is 39.7 Å². The Morgan fingerprint density at radius 2 is 2.41 bits per heavy atom. The summed E-state index contributed by atoms with van der Waals surface area (Å²) in [6.07, 6.45) is 6.00. The summed E-state index contributed by atoms with van der Waals surface area (Å²) in [6.45, 7) is 0.950. The van der Waals surface area contributed by atoms with Gasteiger partial charge in [-0.3, -0.25) is 0 Å². The lowest BCUT2D eigenvalue weighted by atomic mass is 10.0. The molecule has 1 aromatic carbocycles. The number of fused-ring (bicyclic) bond motifs is 1. The van der Waals surface area contributed by atoms with Crippen LogP contribution >= 0.6 is 0 Å². The first-order chi connectivity index (χ1) is 8.35. The maximum absolute atomic E-state index is 5.38. The fraction of sp³-hybridized carbons (Fsp3) is 0.385. The van der Waals surface area contributed by atoms with Crippen LogP contribution in [0, 0.1) is 12.3 Å². The summed E-state index contributed by atoms with van der Waals surface area (Å²) in [4.78, 5) is 5.37. The number of hydrogen-bond donors (Lipinski definition) is 1. The monoisotopic (exact) mass is 233 g/mol. The Hall–Kier alpha value is -1.70. The van der Waals surface area contributed by atoms with E-state index in [1.54, 1.807) is 7.11 Å². The van der Waals surface area contributed by atoms with E-state index in [0.717, 1.165) is 23.5 Å². The molecule has 17 heavy (non-hydrogen) atoms. The van der Waals surface area contributed by atoms with Crippen molar-refractivity contribution in [1.29, 1.82) is 0 Å². The molecular weight excluding hydrogens is 218 g/mol. The molecule has 1 N–H and O–H groups in total. The molecule has 1 unspecified atom stereocenters. The fourth-order valence-electron chi connectivity index (χ4n) is 1.75. The molecule has 0 amide bonds. The number of ether oxygens (including phenoxy) is 2. The van der Waals surface area contributed by atoms with Crippen molar-refractivity contribution in [3.05, 3.63) is 23.8 Å². The molecule has 1 atom stereocenters. The molecule has 1 heterocycles. The number of terminal acetylenes is 1. The number of benzene rings is 1. The zero-order chi connectivity index (χ0) is 12.1. The average molecular weight is 233 g/mol. The molecule has 1 aromatic rings. The molecule has 0 saturated carbocycles. The van der Waals surface area contributed by atoms with Gasteiger partial charge in [0.25, 0.3) is 0 Å². The van der Waals surface area contributed by atoms with E-state index in [-0.39, 0.29) is 12.6 Å². The first-order valence-electron chi connectivity index (χ1n) is 5.46. The van der Waals surface area contributed by atoms with Gasteiger partial charge in [0.05, 0.1) is 6.04 Å². The molecule has 2 rings (SSSR count). The SMILES string of the molecule is C#CCOc1ccc2c(c1)C(CCOC)NO2. The van der Waals surface area contributed by atoms with Gasteiger partial charge in [0, 0.05) is 19.3 Å². The molecule has 90 valence electrons. The summed E-state index contributed by atoms with van der Waals surface area (Å²) in [5.41, 5.74) is 4.04. The Morgan fingerprint density at radius 3 is 3.18 bits per heavy atom. The molecule has 0 spiro atoms. The van der Waals surface area contributed by atoms with E-state index in [1.165, 1.54) is 0 Å². The lowest BCUT2D eigenvalue weighted by molar-refractivity contribution is 0.146. The number of rotatable bonds is 5. The quantitative estimate of drug-likeness (QED) is 0.785. The van der Waals surface area contributed by atoms with Gasteiger partial charge in [-0.05, 0) is 24.6 Å². The van der Waals surface area contributed by atoms with E-state index < -0.39 is 0 Å². The first kappa shape index (κ1) is 11.8. The zero-order valence-electron chi connectivity index (χ0n) is 9.73. The molecular formula is C13H15NO3. The maximum atomic E-state index is 5.38. The van der Waals surface area contributed by atoms with Crippen LogP contribution in [-0.2, 0) is 4.74 Å². The van der Waals surface area contributed by atoms with Gasteiger partial charge in [-0.2, -0.15) is 0 Å². The zero-order valence-corrected chi connectivity index (χ0v) is 9.73. The van der Waals surface area contributed by atoms with Gasteiger partial charge < -0.3 is 14.3 Å². The Morgan fingerprint density at radius 1 is 1.53 bits per heavy atom. The second-order valence-corrected chi connectivity index (χ2v) is 3.75. The molecule has 0 aromatic heterocycles.